The van der Waals surface area contributed by atoms with Crippen molar-refractivity contribution in [3.63, 3.8) is 0 Å². The zero-order valence-corrected chi connectivity index (χ0v) is 24.0. The smallest absolute Gasteiger partial charge is 0.281 e. The minimum Gasteiger partial charge on any atom is -0.494 e. The van der Waals surface area contributed by atoms with Crippen LogP contribution in [-0.2, 0) is 22.7 Å². The number of thiophene rings is 1. The first kappa shape index (κ1) is 26.1. The predicted octanol–water partition coefficient (Wildman–Crippen LogP) is 5.78. The van der Waals surface area contributed by atoms with E-state index in [-0.39, 0.29) is 18.4 Å². The number of aromatic nitrogens is 1. The highest BCUT2D eigenvalue weighted by Crippen LogP contribution is 2.32. The third kappa shape index (κ3) is 5.24. The monoisotopic (exact) mass is 608 g/mol. The van der Waals surface area contributed by atoms with Crippen LogP contribution in [0.5, 0.6) is 5.75 Å². The number of carbonyl (C=O) groups is 2. The summed E-state index contributed by atoms with van der Waals surface area (Å²) in [5, 5.41) is 6.28. The second kappa shape index (κ2) is 11.1. The number of thiocarbonyl (C=S) groups is 1. The van der Waals surface area contributed by atoms with Gasteiger partial charge in [-0.3, -0.25) is 14.5 Å². The SMILES string of the molecule is CCOc1ccc(N2C(=O)/C(=C/c3cn(CC(=O)NCc4cccs4)c4ccc(Br)cc34)N(C)C2=S)cc1. The average molecular weight is 610 g/mol. The largest absolute Gasteiger partial charge is 0.494 e. The van der Waals surface area contributed by atoms with Crippen molar-refractivity contribution >= 4 is 79.1 Å². The lowest BCUT2D eigenvalue weighted by molar-refractivity contribution is -0.121. The molecule has 38 heavy (non-hydrogen) atoms. The summed E-state index contributed by atoms with van der Waals surface area (Å²) in [5.41, 5.74) is 2.83. The van der Waals surface area contributed by atoms with Crippen molar-refractivity contribution in [1.82, 2.24) is 14.8 Å². The number of ether oxygens (including phenoxy) is 1. The summed E-state index contributed by atoms with van der Waals surface area (Å²) in [5.74, 6) is 0.427. The number of hydrogen-bond donors (Lipinski definition) is 1. The molecule has 0 spiro atoms. The van der Waals surface area contributed by atoms with E-state index in [1.165, 1.54) is 4.90 Å². The van der Waals surface area contributed by atoms with Gasteiger partial charge in [-0.2, -0.15) is 0 Å². The molecule has 1 aliphatic rings. The van der Waals surface area contributed by atoms with Gasteiger partial charge in [-0.1, -0.05) is 22.0 Å². The Morgan fingerprint density at radius 2 is 1.97 bits per heavy atom. The molecule has 7 nitrogen and oxygen atoms in total. The Hall–Kier alpha value is -3.47. The van der Waals surface area contributed by atoms with Crippen molar-refractivity contribution in [1.29, 1.82) is 0 Å². The number of nitrogens with zero attached hydrogens (tertiary/aromatic N) is 3. The Bertz CT molecular complexity index is 1540. The highest BCUT2D eigenvalue weighted by Gasteiger charge is 2.37. The molecule has 0 atom stereocenters. The summed E-state index contributed by atoms with van der Waals surface area (Å²) in [6.45, 7) is 3.14. The van der Waals surface area contributed by atoms with E-state index in [1.54, 1.807) is 23.3 Å². The molecule has 194 valence electrons. The highest BCUT2D eigenvalue weighted by atomic mass is 79.9. The molecule has 2 aromatic carbocycles. The van der Waals surface area contributed by atoms with Crippen LogP contribution in [0.4, 0.5) is 5.69 Å². The maximum absolute atomic E-state index is 13.5. The molecule has 2 amide bonds. The number of anilines is 1. The number of fused-ring (bicyclic) bond motifs is 1. The first-order chi connectivity index (χ1) is 18.4. The average Bonchev–Trinajstić information content (AvgIpc) is 3.59. The van der Waals surface area contributed by atoms with Crippen molar-refractivity contribution in [2.45, 2.75) is 20.0 Å². The van der Waals surface area contributed by atoms with E-state index in [2.05, 4.69) is 21.2 Å². The number of benzene rings is 2. The third-order valence-electron chi connectivity index (χ3n) is 6.19. The van der Waals surface area contributed by atoms with Gasteiger partial charge in [-0.25, -0.2) is 0 Å². The Kier molecular flexibility index (Phi) is 7.64. The zero-order valence-electron chi connectivity index (χ0n) is 20.8. The van der Waals surface area contributed by atoms with Gasteiger partial charge in [0.05, 0.1) is 18.8 Å². The summed E-state index contributed by atoms with van der Waals surface area (Å²) < 4.78 is 8.33. The van der Waals surface area contributed by atoms with Gasteiger partial charge in [0.1, 0.15) is 18.0 Å². The van der Waals surface area contributed by atoms with Crippen molar-refractivity contribution in [3.05, 3.63) is 86.8 Å². The molecule has 1 N–H and O–H groups in total. The lowest BCUT2D eigenvalue weighted by atomic mass is 10.1. The number of halogens is 1. The first-order valence-electron chi connectivity index (χ1n) is 12.0. The molecule has 10 heteroatoms. The normalized spacial score (nSPS) is 14.7. The topological polar surface area (TPSA) is 66.8 Å². The lowest BCUT2D eigenvalue weighted by Gasteiger charge is -2.16. The summed E-state index contributed by atoms with van der Waals surface area (Å²) in [6.07, 6.45) is 3.73. The molecule has 0 aliphatic carbocycles. The molecule has 0 saturated carbocycles. The number of carbonyl (C=O) groups excluding carboxylic acids is 2. The summed E-state index contributed by atoms with van der Waals surface area (Å²) >= 11 is 10.8. The molecule has 5 rings (SSSR count). The van der Waals surface area contributed by atoms with Gasteiger partial charge in [0.2, 0.25) is 5.91 Å². The fourth-order valence-corrected chi connectivity index (χ4v) is 5.63. The lowest BCUT2D eigenvalue weighted by Crippen LogP contribution is -2.31. The van der Waals surface area contributed by atoms with E-state index in [1.807, 2.05) is 83.7 Å². The quantitative estimate of drug-likeness (QED) is 0.203. The maximum atomic E-state index is 13.5. The van der Waals surface area contributed by atoms with E-state index in [9.17, 15) is 9.59 Å². The molecular weight excluding hydrogens is 584 g/mol. The molecule has 4 aromatic rings. The minimum absolute atomic E-state index is 0.0886. The Morgan fingerprint density at radius 3 is 2.68 bits per heavy atom. The van der Waals surface area contributed by atoms with Crippen molar-refractivity contribution in [3.8, 4) is 5.75 Å². The van der Waals surface area contributed by atoms with Gasteiger partial charge in [0, 0.05) is 39.1 Å². The summed E-state index contributed by atoms with van der Waals surface area (Å²) in [6, 6.07) is 17.1. The molecule has 0 radical (unpaired) electrons. The van der Waals surface area contributed by atoms with Gasteiger partial charge >= 0.3 is 0 Å². The van der Waals surface area contributed by atoms with Crippen LogP contribution in [0.15, 0.2) is 76.3 Å². The standard InChI is InChI=1S/C28H25BrN4O3S2/c1-3-36-21-9-7-20(8-10-21)33-27(35)25(31(2)28(33)37)13-18-16-32(24-11-6-19(29)14-23(18)24)17-26(34)30-15-22-5-4-12-38-22/h4-14,16H,3,15,17H2,1-2H3,(H,30,34)/b25-13-. The molecule has 1 saturated heterocycles. The van der Waals surface area contributed by atoms with Gasteiger partial charge in [0.25, 0.3) is 5.91 Å². The van der Waals surface area contributed by atoms with Gasteiger partial charge < -0.3 is 19.5 Å². The molecule has 1 aliphatic heterocycles. The molecule has 1 fully saturated rings. The predicted molar refractivity (Wildman–Crippen MR) is 159 cm³/mol. The summed E-state index contributed by atoms with van der Waals surface area (Å²) in [4.78, 5) is 30.6. The number of nitrogens with one attached hydrogen (secondary N) is 1. The van der Waals surface area contributed by atoms with Crippen molar-refractivity contribution in [2.24, 2.45) is 0 Å². The van der Waals surface area contributed by atoms with Gasteiger partial charge in [-0.15, -0.1) is 11.3 Å². The first-order valence-corrected chi connectivity index (χ1v) is 14.1. The zero-order chi connectivity index (χ0) is 26.8. The fraction of sp³-hybridized carbons (Fsp3) is 0.179. The Balaban J connectivity index is 1.44. The van der Waals surface area contributed by atoms with Crippen molar-refractivity contribution < 1.29 is 14.3 Å². The van der Waals surface area contributed by atoms with E-state index in [0.29, 0.717) is 29.6 Å². The van der Waals surface area contributed by atoms with Crippen LogP contribution in [-0.4, -0.2) is 40.0 Å². The second-order valence-corrected chi connectivity index (χ2v) is 11.0. The van der Waals surface area contributed by atoms with Crippen LogP contribution in [0.2, 0.25) is 0 Å². The fourth-order valence-electron chi connectivity index (χ4n) is 4.34. The molecule has 0 bridgehead atoms. The van der Waals surface area contributed by atoms with E-state index in [0.717, 1.165) is 31.6 Å². The van der Waals surface area contributed by atoms with Crippen LogP contribution in [0.1, 0.15) is 17.4 Å². The molecule has 3 heterocycles. The molecule has 2 aromatic heterocycles. The summed E-state index contributed by atoms with van der Waals surface area (Å²) in [7, 11) is 1.79. The minimum atomic E-state index is -0.216. The molecule has 0 unspecified atom stereocenters. The highest BCUT2D eigenvalue weighted by molar-refractivity contribution is 9.10. The number of amides is 2. The van der Waals surface area contributed by atoms with Crippen LogP contribution in [0.3, 0.4) is 0 Å². The van der Waals surface area contributed by atoms with E-state index in [4.69, 9.17) is 17.0 Å². The van der Waals surface area contributed by atoms with Gasteiger partial charge in [0.15, 0.2) is 5.11 Å². The maximum Gasteiger partial charge on any atom is 0.281 e. The number of hydrogen-bond acceptors (Lipinski definition) is 5. The Morgan fingerprint density at radius 1 is 1.18 bits per heavy atom. The van der Waals surface area contributed by atoms with Gasteiger partial charge in [-0.05, 0) is 79.1 Å². The van der Waals surface area contributed by atoms with Crippen LogP contribution >= 0.6 is 39.5 Å². The van der Waals surface area contributed by atoms with Crippen LogP contribution in [0, 0.1) is 0 Å². The number of likely N-dealkylation sites (N-methyl/N-ethyl adjacent to an activating group) is 1. The van der Waals surface area contributed by atoms with Crippen molar-refractivity contribution in [2.75, 3.05) is 18.6 Å². The molecular formula is C28H25BrN4O3S2. The Labute approximate surface area is 238 Å². The van der Waals surface area contributed by atoms with Crippen LogP contribution < -0.4 is 15.0 Å². The third-order valence-corrected chi connectivity index (χ3v) is 8.01. The number of rotatable bonds is 8. The van der Waals surface area contributed by atoms with E-state index < -0.39 is 0 Å². The van der Waals surface area contributed by atoms with Crippen LogP contribution in [0.25, 0.3) is 17.0 Å². The second-order valence-electron chi connectivity index (χ2n) is 8.67. The van der Waals surface area contributed by atoms with E-state index >= 15 is 0 Å².